The van der Waals surface area contributed by atoms with Crippen molar-refractivity contribution in [2.24, 2.45) is 0 Å². The number of aromatic nitrogens is 2. The van der Waals surface area contributed by atoms with Crippen molar-refractivity contribution in [1.29, 1.82) is 5.26 Å². The second-order valence-corrected chi connectivity index (χ2v) is 11.3. The Hall–Kier alpha value is -4.23. The highest BCUT2D eigenvalue weighted by Gasteiger charge is 2.37. The van der Waals surface area contributed by atoms with E-state index in [-0.39, 0.29) is 22.7 Å². The van der Waals surface area contributed by atoms with Gasteiger partial charge in [-0.05, 0) is 47.4 Å². The number of fused-ring (bicyclic) bond motifs is 2. The topological polar surface area (TPSA) is 81.9 Å². The minimum atomic E-state index is -4.31. The number of allylic oxidation sites excluding steroid dienone is 1. The zero-order valence-electron chi connectivity index (χ0n) is 21.5. The van der Waals surface area contributed by atoms with E-state index < -0.39 is 12.6 Å². The van der Waals surface area contributed by atoms with Gasteiger partial charge < -0.3 is 10.2 Å². The molecule has 1 fully saturated rings. The van der Waals surface area contributed by atoms with Crippen molar-refractivity contribution < 1.29 is 18.0 Å². The van der Waals surface area contributed by atoms with Crippen LogP contribution < -0.4 is 10.2 Å². The first-order valence-corrected chi connectivity index (χ1v) is 13.7. The van der Waals surface area contributed by atoms with Gasteiger partial charge in [-0.25, -0.2) is 9.97 Å². The van der Waals surface area contributed by atoms with Crippen LogP contribution in [-0.2, 0) is 12.8 Å². The Morgan fingerprint density at radius 3 is 2.73 bits per heavy atom. The summed E-state index contributed by atoms with van der Waals surface area (Å²) in [5, 5.41) is 13.1. The summed E-state index contributed by atoms with van der Waals surface area (Å²) in [6, 6.07) is 17.0. The maximum Gasteiger partial charge on any atom is 0.393 e. The number of carbonyl (C=O) groups is 1. The molecule has 10 heteroatoms. The minimum Gasteiger partial charge on any atom is -0.353 e. The number of carbonyl (C=O) groups excluding carboxylic acids is 1. The van der Waals surface area contributed by atoms with E-state index in [1.54, 1.807) is 0 Å². The van der Waals surface area contributed by atoms with Crippen LogP contribution in [-0.4, -0.2) is 41.2 Å². The zero-order valence-corrected chi connectivity index (χ0v) is 22.3. The van der Waals surface area contributed by atoms with Gasteiger partial charge in [-0.2, -0.15) is 18.4 Å². The van der Waals surface area contributed by atoms with Gasteiger partial charge in [-0.15, -0.1) is 11.3 Å². The molecule has 1 aliphatic heterocycles. The number of anilines is 1. The van der Waals surface area contributed by atoms with E-state index in [1.165, 1.54) is 12.4 Å². The molecule has 0 saturated carbocycles. The second-order valence-electron chi connectivity index (χ2n) is 10.2. The Bertz CT molecular complexity index is 1690. The molecule has 2 aromatic carbocycles. The molecular formula is C30H24F3N5OS. The largest absolute Gasteiger partial charge is 0.393 e. The molecule has 1 amide bonds. The second kappa shape index (κ2) is 10.1. The zero-order chi connectivity index (χ0) is 28.0. The molecular weight excluding hydrogens is 535 g/mol. The molecule has 1 N–H and O–H groups in total. The molecule has 0 bridgehead atoms. The fourth-order valence-corrected chi connectivity index (χ4v) is 6.75. The minimum absolute atomic E-state index is 0.0664. The highest BCUT2D eigenvalue weighted by Crippen LogP contribution is 2.37. The number of rotatable bonds is 5. The van der Waals surface area contributed by atoms with Gasteiger partial charge in [0, 0.05) is 41.4 Å². The van der Waals surface area contributed by atoms with Crippen molar-refractivity contribution in [3.63, 3.8) is 0 Å². The van der Waals surface area contributed by atoms with Gasteiger partial charge in [0.15, 0.2) is 0 Å². The average Bonchev–Trinajstić information content (AvgIpc) is 3.64. The highest BCUT2D eigenvalue weighted by atomic mass is 32.1. The number of hydrogen-bond acceptors (Lipinski definition) is 6. The third-order valence-electron chi connectivity index (χ3n) is 7.59. The van der Waals surface area contributed by atoms with Crippen LogP contribution in [0.2, 0.25) is 0 Å². The van der Waals surface area contributed by atoms with E-state index in [0.29, 0.717) is 46.7 Å². The fourth-order valence-electron chi connectivity index (χ4n) is 5.72. The molecule has 0 spiro atoms. The Labute approximate surface area is 232 Å². The Morgan fingerprint density at radius 2 is 1.98 bits per heavy atom. The number of hydrogen-bond donors (Lipinski definition) is 1. The summed E-state index contributed by atoms with van der Waals surface area (Å²) < 4.78 is 39.2. The van der Waals surface area contributed by atoms with Gasteiger partial charge in [-0.1, -0.05) is 36.4 Å². The smallest absolute Gasteiger partial charge is 0.353 e. The quantitative estimate of drug-likeness (QED) is 0.326. The van der Waals surface area contributed by atoms with Gasteiger partial charge in [0.05, 0.1) is 23.9 Å². The number of amides is 1. The lowest BCUT2D eigenvalue weighted by Crippen LogP contribution is -2.40. The molecule has 3 heterocycles. The first kappa shape index (κ1) is 26.0. The summed E-state index contributed by atoms with van der Waals surface area (Å²) in [4.78, 5) is 25.0. The molecule has 4 aromatic rings. The summed E-state index contributed by atoms with van der Waals surface area (Å²) in [5.74, 6) is 0.293. The first-order chi connectivity index (χ1) is 19.2. The van der Waals surface area contributed by atoms with E-state index in [0.717, 1.165) is 33.6 Å². The molecule has 2 unspecified atom stereocenters. The Kier molecular flexibility index (Phi) is 6.55. The SMILES string of the molecule is Cc1c(C(=O)NC2CN(c3ncnc4sc(CC(F)(F)F)cc34)CC2c2ccccc2)ccc2c1C=C(C#N)C2. The third-order valence-corrected chi connectivity index (χ3v) is 8.63. The monoisotopic (exact) mass is 559 g/mol. The number of halogens is 3. The lowest BCUT2D eigenvalue weighted by Gasteiger charge is -2.21. The van der Waals surface area contributed by atoms with Crippen molar-refractivity contribution in [3.8, 4) is 6.07 Å². The number of thiophene rings is 1. The molecule has 202 valence electrons. The summed E-state index contributed by atoms with van der Waals surface area (Å²) in [7, 11) is 0. The van der Waals surface area contributed by atoms with Gasteiger partial charge in [0.25, 0.3) is 5.91 Å². The molecule has 6 nitrogen and oxygen atoms in total. The maximum absolute atomic E-state index is 13.6. The van der Waals surface area contributed by atoms with E-state index in [4.69, 9.17) is 0 Å². The van der Waals surface area contributed by atoms with Crippen molar-refractivity contribution in [1.82, 2.24) is 15.3 Å². The predicted octanol–water partition coefficient (Wildman–Crippen LogP) is 5.97. The van der Waals surface area contributed by atoms with Crippen LogP contribution in [0.1, 0.15) is 43.4 Å². The number of alkyl halides is 3. The Morgan fingerprint density at radius 1 is 1.18 bits per heavy atom. The van der Waals surface area contributed by atoms with Crippen LogP contribution >= 0.6 is 11.3 Å². The third kappa shape index (κ3) is 4.93. The standard InChI is InChI=1S/C30H24F3N5OS/c1-17-22(8-7-20-9-18(13-34)10-23(17)20)28(39)37-26-15-38(14-25(26)19-5-3-2-4-6-19)27-24-11-21(12-30(31,32)33)40-29(24)36-16-35-27/h2-8,10-11,16,25-26H,9,12,14-15H2,1H3,(H,37,39). The molecule has 2 aromatic heterocycles. The molecule has 1 saturated heterocycles. The first-order valence-electron chi connectivity index (χ1n) is 12.8. The van der Waals surface area contributed by atoms with Crippen LogP contribution in [0.4, 0.5) is 19.0 Å². The van der Waals surface area contributed by atoms with Crippen LogP contribution in [0, 0.1) is 18.3 Å². The van der Waals surface area contributed by atoms with Crippen molar-refractivity contribution in [2.45, 2.75) is 37.9 Å². The molecule has 6 rings (SSSR count). The van der Waals surface area contributed by atoms with E-state index in [1.807, 2.05) is 60.4 Å². The maximum atomic E-state index is 13.6. The van der Waals surface area contributed by atoms with E-state index in [9.17, 15) is 23.2 Å². The molecule has 2 aliphatic rings. The van der Waals surface area contributed by atoms with Gasteiger partial charge in [-0.3, -0.25) is 4.79 Å². The van der Waals surface area contributed by atoms with Gasteiger partial charge >= 0.3 is 6.18 Å². The Balaban J connectivity index is 1.31. The molecule has 40 heavy (non-hydrogen) atoms. The summed E-state index contributed by atoms with van der Waals surface area (Å²) in [6.45, 7) is 2.86. The normalized spacial score (nSPS) is 18.5. The van der Waals surface area contributed by atoms with E-state index in [2.05, 4.69) is 21.4 Å². The average molecular weight is 560 g/mol. The van der Waals surface area contributed by atoms with Crippen molar-refractivity contribution in [3.05, 3.63) is 93.1 Å². The molecule has 1 aliphatic carbocycles. The fraction of sp³-hybridized carbons (Fsp3) is 0.267. The molecule has 0 radical (unpaired) electrons. The number of nitriles is 1. The van der Waals surface area contributed by atoms with Crippen LogP contribution in [0.15, 0.2) is 60.4 Å². The number of benzene rings is 2. The molecule has 2 atom stereocenters. The van der Waals surface area contributed by atoms with Crippen LogP contribution in [0.5, 0.6) is 0 Å². The van der Waals surface area contributed by atoms with Crippen LogP contribution in [0.25, 0.3) is 16.3 Å². The van der Waals surface area contributed by atoms with E-state index >= 15 is 0 Å². The lowest BCUT2D eigenvalue weighted by molar-refractivity contribution is -0.126. The number of nitrogens with zero attached hydrogens (tertiary/aromatic N) is 4. The van der Waals surface area contributed by atoms with Gasteiger partial charge in [0.1, 0.15) is 17.0 Å². The summed E-state index contributed by atoms with van der Waals surface area (Å²) in [5.41, 5.74) is 5.07. The van der Waals surface area contributed by atoms with Crippen molar-refractivity contribution in [2.75, 3.05) is 18.0 Å². The highest BCUT2D eigenvalue weighted by molar-refractivity contribution is 7.18. The van der Waals surface area contributed by atoms with Crippen LogP contribution in [0.3, 0.4) is 0 Å². The summed E-state index contributed by atoms with van der Waals surface area (Å²) >= 11 is 1.02. The van der Waals surface area contributed by atoms with Gasteiger partial charge in [0.2, 0.25) is 0 Å². The number of nitrogens with one attached hydrogen (secondary N) is 1. The van der Waals surface area contributed by atoms with Crippen molar-refractivity contribution >= 4 is 39.4 Å². The predicted molar refractivity (Wildman–Crippen MR) is 148 cm³/mol. The lowest BCUT2D eigenvalue weighted by atomic mass is 9.93. The summed E-state index contributed by atoms with van der Waals surface area (Å²) in [6.07, 6.45) is -1.52.